The lowest BCUT2D eigenvalue weighted by Gasteiger charge is -2.26. The number of nitrogens with zero attached hydrogens (tertiary/aromatic N) is 2. The van der Waals surface area contributed by atoms with Crippen molar-refractivity contribution in [1.82, 2.24) is 15.0 Å². The second-order valence-corrected chi connectivity index (χ2v) is 8.48. The Labute approximate surface area is 190 Å². The van der Waals surface area contributed by atoms with Crippen LogP contribution in [0.25, 0.3) is 17.0 Å². The average Bonchev–Trinajstić information content (AvgIpc) is 3.11. The molecule has 0 saturated carbocycles. The first-order valence-corrected chi connectivity index (χ1v) is 10.9. The molecule has 0 unspecified atom stereocenters. The van der Waals surface area contributed by atoms with Crippen LogP contribution in [0.5, 0.6) is 0 Å². The number of carbonyl (C=O) groups is 2. The van der Waals surface area contributed by atoms with Crippen molar-refractivity contribution in [3.05, 3.63) is 89.1 Å². The van der Waals surface area contributed by atoms with Crippen LogP contribution in [0, 0.1) is 6.92 Å². The number of benzene rings is 2. The summed E-state index contributed by atoms with van der Waals surface area (Å²) in [6.07, 6.45) is 7.56. The van der Waals surface area contributed by atoms with E-state index in [-0.39, 0.29) is 17.9 Å². The molecule has 0 fully saturated rings. The van der Waals surface area contributed by atoms with Gasteiger partial charge in [-0.25, -0.2) is 5.01 Å². The Morgan fingerprint density at radius 2 is 1.84 bits per heavy atom. The van der Waals surface area contributed by atoms with Crippen LogP contribution in [0.15, 0.2) is 72.5 Å². The summed E-state index contributed by atoms with van der Waals surface area (Å²) in [6, 6.07) is 15.2. The van der Waals surface area contributed by atoms with E-state index in [1.165, 1.54) is 16.7 Å². The van der Waals surface area contributed by atoms with Crippen molar-refractivity contribution in [3.8, 4) is 0 Å². The van der Waals surface area contributed by atoms with Crippen LogP contribution < -0.4 is 5.43 Å². The molecule has 166 valence electrons. The molecule has 0 atom stereocenters. The van der Waals surface area contributed by atoms with Gasteiger partial charge in [0.2, 0.25) is 0 Å². The minimum atomic E-state index is -0.303. The first-order chi connectivity index (χ1) is 15.3. The maximum Gasteiger partial charge on any atom is 0.269 e. The van der Waals surface area contributed by atoms with Gasteiger partial charge in [-0.05, 0) is 58.9 Å². The normalized spacial score (nSPS) is 11.2. The molecule has 0 spiro atoms. The first-order valence-electron chi connectivity index (χ1n) is 10.9. The molecule has 0 bridgehead atoms. The largest absolute Gasteiger partial charge is 0.343 e. The second-order valence-electron chi connectivity index (χ2n) is 8.48. The van der Waals surface area contributed by atoms with E-state index in [0.29, 0.717) is 5.56 Å². The highest BCUT2D eigenvalue weighted by molar-refractivity contribution is 5.99. The zero-order valence-corrected chi connectivity index (χ0v) is 19.4. The van der Waals surface area contributed by atoms with Crippen LogP contribution in [0.1, 0.15) is 49.2 Å². The number of allylic oxidation sites excluding steroid dienone is 2. The van der Waals surface area contributed by atoms with E-state index >= 15 is 0 Å². The van der Waals surface area contributed by atoms with Crippen molar-refractivity contribution in [2.24, 2.45) is 0 Å². The number of carbonyl (C=O) groups excluding carboxylic acids is 2. The summed E-state index contributed by atoms with van der Waals surface area (Å²) in [7, 11) is 0. The number of hydrogen-bond donors (Lipinski definition) is 1. The van der Waals surface area contributed by atoms with E-state index < -0.39 is 0 Å². The third-order valence-corrected chi connectivity index (χ3v) is 5.18. The molecule has 0 aliphatic heterocycles. The smallest absolute Gasteiger partial charge is 0.269 e. The molecule has 0 aliphatic rings. The first kappa shape index (κ1) is 23.1. The quantitative estimate of drug-likeness (QED) is 0.319. The van der Waals surface area contributed by atoms with Crippen LogP contribution >= 0.6 is 0 Å². The van der Waals surface area contributed by atoms with Crippen molar-refractivity contribution < 1.29 is 9.59 Å². The Hall–Kier alpha value is -3.60. The van der Waals surface area contributed by atoms with Crippen molar-refractivity contribution in [2.45, 2.75) is 47.2 Å². The van der Waals surface area contributed by atoms with E-state index in [2.05, 4.69) is 48.2 Å². The minimum Gasteiger partial charge on any atom is -0.343 e. The number of hydrogen-bond acceptors (Lipinski definition) is 2. The number of amides is 2. The van der Waals surface area contributed by atoms with E-state index in [1.807, 2.05) is 51.1 Å². The predicted molar refractivity (Wildman–Crippen MR) is 131 cm³/mol. The van der Waals surface area contributed by atoms with Gasteiger partial charge in [0.1, 0.15) is 0 Å². The Bertz CT molecular complexity index is 1180. The van der Waals surface area contributed by atoms with Crippen LogP contribution in [0.2, 0.25) is 0 Å². The number of hydrazine groups is 1. The minimum absolute atomic E-state index is 0.195. The molecule has 3 aromatic rings. The van der Waals surface area contributed by atoms with Crippen LogP contribution in [-0.4, -0.2) is 27.4 Å². The zero-order chi connectivity index (χ0) is 23.3. The van der Waals surface area contributed by atoms with Gasteiger partial charge in [-0.1, -0.05) is 47.5 Å². The Morgan fingerprint density at radius 1 is 1.09 bits per heavy atom. The molecule has 5 nitrogen and oxygen atoms in total. The summed E-state index contributed by atoms with van der Waals surface area (Å²) >= 11 is 0. The number of fused-ring (bicyclic) bond motifs is 1. The highest BCUT2D eigenvalue weighted by Gasteiger charge is 2.18. The second kappa shape index (κ2) is 10.1. The third-order valence-electron chi connectivity index (χ3n) is 5.18. The van der Waals surface area contributed by atoms with Crippen molar-refractivity contribution in [2.75, 3.05) is 0 Å². The molecule has 32 heavy (non-hydrogen) atoms. The Kier molecular flexibility index (Phi) is 7.31. The predicted octanol–water partition coefficient (Wildman–Crippen LogP) is 5.51. The number of para-hydroxylation sites is 1. The van der Waals surface area contributed by atoms with Gasteiger partial charge in [0.15, 0.2) is 0 Å². The lowest BCUT2D eigenvalue weighted by Crippen LogP contribution is -2.49. The highest BCUT2D eigenvalue weighted by atomic mass is 16.2. The topological polar surface area (TPSA) is 54.3 Å². The molecule has 1 heterocycles. The number of nitrogens with one attached hydrogen (secondary N) is 1. The van der Waals surface area contributed by atoms with Crippen molar-refractivity contribution >= 4 is 28.8 Å². The lowest BCUT2D eigenvalue weighted by atomic mass is 10.1. The summed E-state index contributed by atoms with van der Waals surface area (Å²) in [5.41, 5.74) is 7.60. The van der Waals surface area contributed by atoms with Gasteiger partial charge in [0, 0.05) is 46.9 Å². The monoisotopic (exact) mass is 429 g/mol. The van der Waals surface area contributed by atoms with Crippen molar-refractivity contribution in [3.63, 3.8) is 0 Å². The van der Waals surface area contributed by atoms with Gasteiger partial charge in [0.25, 0.3) is 11.8 Å². The molecule has 5 heteroatoms. The van der Waals surface area contributed by atoms with Crippen LogP contribution in [-0.2, 0) is 11.3 Å². The van der Waals surface area contributed by atoms with Gasteiger partial charge < -0.3 is 4.57 Å². The fourth-order valence-electron chi connectivity index (χ4n) is 3.48. The van der Waals surface area contributed by atoms with Gasteiger partial charge in [-0.3, -0.25) is 15.0 Å². The highest BCUT2D eigenvalue weighted by Crippen LogP contribution is 2.23. The summed E-state index contributed by atoms with van der Waals surface area (Å²) in [4.78, 5) is 25.6. The van der Waals surface area contributed by atoms with Gasteiger partial charge in [-0.15, -0.1) is 0 Å². The number of aromatic nitrogens is 1. The summed E-state index contributed by atoms with van der Waals surface area (Å²) in [5, 5.41) is 2.45. The van der Waals surface area contributed by atoms with Crippen LogP contribution in [0.4, 0.5) is 0 Å². The van der Waals surface area contributed by atoms with Gasteiger partial charge in [-0.2, -0.15) is 0 Å². The third kappa shape index (κ3) is 5.55. The number of aryl methyl sites for hydroxylation is 1. The van der Waals surface area contributed by atoms with E-state index in [9.17, 15) is 9.59 Å². The summed E-state index contributed by atoms with van der Waals surface area (Å²) in [6.45, 7) is 10.6. The maximum absolute atomic E-state index is 13.0. The Balaban J connectivity index is 1.82. The lowest BCUT2D eigenvalue weighted by molar-refractivity contribution is -0.130. The van der Waals surface area contributed by atoms with Crippen molar-refractivity contribution in [1.29, 1.82) is 0 Å². The van der Waals surface area contributed by atoms with E-state index in [4.69, 9.17) is 0 Å². The molecule has 1 aromatic heterocycles. The molecule has 3 rings (SSSR count). The molecule has 0 aliphatic carbocycles. The van der Waals surface area contributed by atoms with Crippen LogP contribution in [0.3, 0.4) is 0 Å². The maximum atomic E-state index is 13.0. The summed E-state index contributed by atoms with van der Waals surface area (Å²) < 4.78 is 2.17. The number of rotatable bonds is 6. The Morgan fingerprint density at radius 3 is 2.53 bits per heavy atom. The standard InChI is InChI=1S/C27H31N3O2/c1-19(2)15-16-29-18-23(24-11-6-7-12-25(24)29)13-14-26(31)30(20(3)4)28-27(32)22-10-8-9-21(5)17-22/h6-15,17-18,20H,16H2,1-5H3,(H,28,32)/b14-13+. The fraction of sp³-hybridized carbons (Fsp3) is 0.259. The zero-order valence-electron chi connectivity index (χ0n) is 19.4. The van der Waals surface area contributed by atoms with E-state index in [1.54, 1.807) is 12.1 Å². The molecule has 0 saturated heterocycles. The van der Waals surface area contributed by atoms with E-state index in [0.717, 1.165) is 28.6 Å². The molecule has 2 amide bonds. The average molecular weight is 430 g/mol. The summed E-state index contributed by atoms with van der Waals surface area (Å²) in [5.74, 6) is -0.579. The molecule has 1 N–H and O–H groups in total. The fourth-order valence-corrected chi connectivity index (χ4v) is 3.48. The molecular formula is C27H31N3O2. The van der Waals surface area contributed by atoms with Gasteiger partial charge >= 0.3 is 0 Å². The molecule has 0 radical (unpaired) electrons. The SMILES string of the molecule is CC(C)=CCn1cc(/C=C/C(=O)N(NC(=O)c2cccc(C)c2)C(C)C)c2ccccc21. The molecule has 2 aromatic carbocycles. The van der Waals surface area contributed by atoms with Gasteiger partial charge in [0.05, 0.1) is 0 Å². The molecular weight excluding hydrogens is 398 g/mol.